The summed E-state index contributed by atoms with van der Waals surface area (Å²) in [5.41, 5.74) is 0.360. The summed E-state index contributed by atoms with van der Waals surface area (Å²) >= 11 is 0. The van der Waals surface area contributed by atoms with E-state index < -0.39 is 5.41 Å². The maximum Gasteiger partial charge on any atom is 0.233 e. The second-order valence-corrected chi connectivity index (χ2v) is 5.35. The van der Waals surface area contributed by atoms with Crippen LogP contribution in [-0.2, 0) is 10.2 Å². The Morgan fingerprint density at radius 1 is 1.40 bits per heavy atom. The van der Waals surface area contributed by atoms with Gasteiger partial charge in [0.25, 0.3) is 0 Å². The van der Waals surface area contributed by atoms with Crippen LogP contribution in [0.3, 0.4) is 0 Å². The molecule has 0 atom stereocenters. The Bertz CT molecular complexity index is 476. The highest BCUT2D eigenvalue weighted by Crippen LogP contribution is 2.46. The van der Waals surface area contributed by atoms with Crippen molar-refractivity contribution in [2.45, 2.75) is 38.2 Å². The quantitative estimate of drug-likeness (QED) is 0.895. The fraction of sp³-hybridized carbons (Fsp3) is 0.562. The standard InChI is InChI=1S/C16H23NO3/c1-4-17(5-2)15(19)16(10-13(18)11-16)12-7-6-8-14(9-12)20-3/h6-9,13,18H,4-5,10-11H2,1-3H3/t13-,16+. The van der Waals surface area contributed by atoms with Crippen molar-refractivity contribution in [2.24, 2.45) is 0 Å². The number of amides is 1. The number of aliphatic hydroxyl groups is 1. The molecule has 1 aliphatic rings. The maximum atomic E-state index is 12.8. The first-order chi connectivity index (χ1) is 9.57. The summed E-state index contributed by atoms with van der Waals surface area (Å²) in [7, 11) is 1.62. The number of aliphatic hydroxyl groups excluding tert-OH is 1. The van der Waals surface area contributed by atoms with Gasteiger partial charge in [0.1, 0.15) is 5.75 Å². The predicted molar refractivity (Wildman–Crippen MR) is 77.8 cm³/mol. The molecule has 1 saturated carbocycles. The molecular weight excluding hydrogens is 254 g/mol. The second kappa shape index (κ2) is 5.83. The van der Waals surface area contributed by atoms with Gasteiger partial charge in [-0.05, 0) is 44.4 Å². The monoisotopic (exact) mass is 277 g/mol. The number of rotatable bonds is 5. The molecule has 0 spiro atoms. The topological polar surface area (TPSA) is 49.8 Å². The molecule has 1 amide bonds. The summed E-state index contributed by atoms with van der Waals surface area (Å²) in [6, 6.07) is 7.63. The van der Waals surface area contributed by atoms with Gasteiger partial charge < -0.3 is 14.7 Å². The Morgan fingerprint density at radius 3 is 2.55 bits per heavy atom. The largest absolute Gasteiger partial charge is 0.497 e. The van der Waals surface area contributed by atoms with Gasteiger partial charge in [0.15, 0.2) is 0 Å². The zero-order chi connectivity index (χ0) is 14.8. The van der Waals surface area contributed by atoms with Gasteiger partial charge in [-0.3, -0.25) is 4.79 Å². The number of carbonyl (C=O) groups excluding carboxylic acids is 1. The van der Waals surface area contributed by atoms with Crippen molar-refractivity contribution in [3.63, 3.8) is 0 Å². The van der Waals surface area contributed by atoms with Gasteiger partial charge in [-0.25, -0.2) is 0 Å². The minimum Gasteiger partial charge on any atom is -0.497 e. The number of nitrogens with zero attached hydrogens (tertiary/aromatic N) is 1. The van der Waals surface area contributed by atoms with Gasteiger partial charge in [-0.1, -0.05) is 12.1 Å². The molecule has 0 bridgehead atoms. The highest BCUT2D eigenvalue weighted by atomic mass is 16.5. The third-order valence-electron chi connectivity index (χ3n) is 4.25. The molecule has 1 aliphatic carbocycles. The lowest BCUT2D eigenvalue weighted by Crippen LogP contribution is -2.56. The van der Waals surface area contributed by atoms with E-state index in [1.807, 2.05) is 43.0 Å². The minimum absolute atomic E-state index is 0.112. The van der Waals surface area contributed by atoms with Gasteiger partial charge in [-0.15, -0.1) is 0 Å². The van der Waals surface area contributed by atoms with Crippen LogP contribution in [0.4, 0.5) is 0 Å². The van der Waals surface area contributed by atoms with Crippen molar-refractivity contribution >= 4 is 5.91 Å². The molecule has 1 aromatic rings. The van der Waals surface area contributed by atoms with Crippen LogP contribution in [0.2, 0.25) is 0 Å². The van der Waals surface area contributed by atoms with Gasteiger partial charge in [0.2, 0.25) is 5.91 Å². The molecule has 1 N–H and O–H groups in total. The lowest BCUT2D eigenvalue weighted by Gasteiger charge is -2.46. The molecule has 0 radical (unpaired) electrons. The Hall–Kier alpha value is -1.55. The Labute approximate surface area is 120 Å². The van der Waals surface area contributed by atoms with Crippen LogP contribution < -0.4 is 4.74 Å². The summed E-state index contributed by atoms with van der Waals surface area (Å²) in [6.45, 7) is 5.35. The summed E-state index contributed by atoms with van der Waals surface area (Å²) in [5, 5.41) is 9.75. The van der Waals surface area contributed by atoms with E-state index in [0.29, 0.717) is 25.9 Å². The smallest absolute Gasteiger partial charge is 0.233 e. The first-order valence-corrected chi connectivity index (χ1v) is 7.19. The number of carbonyl (C=O) groups is 1. The highest BCUT2D eigenvalue weighted by Gasteiger charge is 2.52. The Balaban J connectivity index is 2.37. The van der Waals surface area contributed by atoms with Crippen molar-refractivity contribution in [3.05, 3.63) is 29.8 Å². The summed E-state index contributed by atoms with van der Waals surface area (Å²) < 4.78 is 5.25. The SMILES string of the molecule is CCN(CC)C(=O)[C@]1(c2cccc(OC)c2)C[C@H](O)C1. The zero-order valence-corrected chi connectivity index (χ0v) is 12.4. The molecule has 1 fully saturated rings. The molecule has 4 nitrogen and oxygen atoms in total. The number of hydrogen-bond acceptors (Lipinski definition) is 3. The van der Waals surface area contributed by atoms with E-state index in [1.54, 1.807) is 7.11 Å². The fourth-order valence-corrected chi connectivity index (χ4v) is 3.01. The molecule has 0 heterocycles. The normalized spacial score (nSPS) is 24.9. The zero-order valence-electron chi connectivity index (χ0n) is 12.4. The van der Waals surface area contributed by atoms with E-state index in [0.717, 1.165) is 11.3 Å². The van der Waals surface area contributed by atoms with E-state index >= 15 is 0 Å². The number of methoxy groups -OCH3 is 1. The van der Waals surface area contributed by atoms with Crippen molar-refractivity contribution in [1.29, 1.82) is 0 Å². The van der Waals surface area contributed by atoms with Gasteiger partial charge in [-0.2, -0.15) is 0 Å². The van der Waals surface area contributed by atoms with Crippen molar-refractivity contribution in [1.82, 2.24) is 4.90 Å². The molecule has 1 aromatic carbocycles. The summed E-state index contributed by atoms with van der Waals surface area (Å²) in [4.78, 5) is 14.7. The first kappa shape index (κ1) is 14.9. The lowest BCUT2D eigenvalue weighted by atomic mass is 9.61. The van der Waals surface area contributed by atoms with Crippen LogP contribution in [0.5, 0.6) is 5.75 Å². The molecule has 0 aliphatic heterocycles. The molecule has 20 heavy (non-hydrogen) atoms. The maximum absolute atomic E-state index is 12.8. The number of benzene rings is 1. The van der Waals surface area contributed by atoms with Crippen LogP contribution in [0, 0.1) is 0 Å². The Morgan fingerprint density at radius 2 is 2.05 bits per heavy atom. The van der Waals surface area contributed by atoms with Crippen LogP contribution >= 0.6 is 0 Å². The molecule has 0 saturated heterocycles. The van der Waals surface area contributed by atoms with Crippen LogP contribution in [0.25, 0.3) is 0 Å². The average molecular weight is 277 g/mol. The molecular formula is C16H23NO3. The number of ether oxygens (including phenoxy) is 1. The number of likely N-dealkylation sites (N-methyl/N-ethyl adjacent to an activating group) is 1. The summed E-state index contributed by atoms with van der Waals surface area (Å²) in [5.74, 6) is 0.858. The van der Waals surface area contributed by atoms with E-state index in [1.165, 1.54) is 0 Å². The van der Waals surface area contributed by atoms with Gasteiger partial charge in [0.05, 0.1) is 18.6 Å². The van der Waals surface area contributed by atoms with Crippen molar-refractivity contribution < 1.29 is 14.6 Å². The lowest BCUT2D eigenvalue weighted by molar-refractivity contribution is -0.145. The molecule has 0 aromatic heterocycles. The third kappa shape index (κ3) is 2.40. The second-order valence-electron chi connectivity index (χ2n) is 5.35. The first-order valence-electron chi connectivity index (χ1n) is 7.19. The molecule has 2 rings (SSSR count). The van der Waals surface area contributed by atoms with Gasteiger partial charge >= 0.3 is 0 Å². The fourth-order valence-electron chi connectivity index (χ4n) is 3.01. The number of hydrogen-bond donors (Lipinski definition) is 1. The predicted octanol–water partition coefficient (Wildman–Crippen LogP) is 1.96. The average Bonchev–Trinajstić information content (AvgIpc) is 2.44. The van der Waals surface area contributed by atoms with Crippen LogP contribution in [0.15, 0.2) is 24.3 Å². The minimum atomic E-state index is -0.583. The van der Waals surface area contributed by atoms with E-state index in [9.17, 15) is 9.90 Å². The molecule has 0 unspecified atom stereocenters. The van der Waals surface area contributed by atoms with E-state index in [-0.39, 0.29) is 12.0 Å². The molecule has 110 valence electrons. The van der Waals surface area contributed by atoms with Crippen molar-refractivity contribution in [2.75, 3.05) is 20.2 Å². The van der Waals surface area contributed by atoms with Crippen molar-refractivity contribution in [3.8, 4) is 5.75 Å². The molecule has 4 heteroatoms. The summed E-state index contributed by atoms with van der Waals surface area (Å²) in [6.07, 6.45) is 0.603. The Kier molecular flexibility index (Phi) is 4.33. The van der Waals surface area contributed by atoms with Crippen LogP contribution in [0.1, 0.15) is 32.3 Å². The van der Waals surface area contributed by atoms with E-state index in [2.05, 4.69) is 0 Å². The van der Waals surface area contributed by atoms with E-state index in [4.69, 9.17) is 4.74 Å². The van der Waals surface area contributed by atoms with Gasteiger partial charge in [0, 0.05) is 13.1 Å². The van der Waals surface area contributed by atoms with Crippen LogP contribution in [-0.4, -0.2) is 42.2 Å². The highest BCUT2D eigenvalue weighted by molar-refractivity contribution is 5.89. The third-order valence-corrected chi connectivity index (χ3v) is 4.25.